The maximum atomic E-state index is 14.4. The minimum Gasteiger partial charge on any atom is -0.287 e. The molecule has 0 aliphatic carbocycles. The predicted octanol–water partition coefficient (Wildman–Crippen LogP) is 5.06. The molecule has 1 aliphatic rings. The summed E-state index contributed by atoms with van der Waals surface area (Å²) in [6, 6.07) is 14.4. The van der Waals surface area contributed by atoms with Crippen LogP contribution in [0.3, 0.4) is 0 Å². The number of carbonyl (C=O) groups is 1. The second-order valence-electron chi connectivity index (χ2n) is 6.33. The number of benzene rings is 3. The Balaban J connectivity index is 1.90. The van der Waals surface area contributed by atoms with Gasteiger partial charge in [0.1, 0.15) is 22.2 Å². The van der Waals surface area contributed by atoms with Crippen molar-refractivity contribution in [3.8, 4) is 0 Å². The van der Waals surface area contributed by atoms with Crippen molar-refractivity contribution in [1.29, 1.82) is 0 Å². The van der Waals surface area contributed by atoms with Gasteiger partial charge in [-0.25, -0.2) is 22.0 Å². The number of halogens is 3. The number of hydrogen-bond donors (Lipinski definition) is 0. The van der Waals surface area contributed by atoms with Gasteiger partial charge < -0.3 is 0 Å². The summed E-state index contributed by atoms with van der Waals surface area (Å²) in [6.45, 7) is 0.0399. The van der Waals surface area contributed by atoms with Crippen LogP contribution in [0.15, 0.2) is 76.1 Å². The SMILES string of the molecule is O=C1N(Cc2cccc(Br)c2)c2ccccc2S(=O)(=O)N1c1cc(F)ccc1F. The van der Waals surface area contributed by atoms with E-state index in [4.69, 9.17) is 0 Å². The third-order valence-electron chi connectivity index (χ3n) is 4.44. The van der Waals surface area contributed by atoms with E-state index in [0.717, 1.165) is 22.2 Å². The van der Waals surface area contributed by atoms with E-state index in [9.17, 15) is 22.0 Å². The molecule has 148 valence electrons. The van der Waals surface area contributed by atoms with Crippen molar-refractivity contribution in [1.82, 2.24) is 0 Å². The van der Waals surface area contributed by atoms with Crippen molar-refractivity contribution < 1.29 is 22.0 Å². The molecular formula is C20H13BrF2N2O3S. The van der Waals surface area contributed by atoms with E-state index in [-0.39, 0.29) is 17.1 Å². The largest absolute Gasteiger partial charge is 0.343 e. The summed E-state index contributed by atoms with van der Waals surface area (Å²) in [5.74, 6) is -1.88. The number of hydrogen-bond acceptors (Lipinski definition) is 3. The van der Waals surface area contributed by atoms with Gasteiger partial charge >= 0.3 is 6.03 Å². The first kappa shape index (κ1) is 19.5. The molecule has 0 fully saturated rings. The normalized spacial score (nSPS) is 15.3. The van der Waals surface area contributed by atoms with Crippen LogP contribution >= 0.6 is 15.9 Å². The zero-order valence-corrected chi connectivity index (χ0v) is 17.1. The maximum Gasteiger partial charge on any atom is 0.343 e. The van der Waals surface area contributed by atoms with Gasteiger partial charge in [-0.3, -0.25) is 4.90 Å². The Bertz CT molecular complexity index is 1230. The molecule has 0 saturated heterocycles. The fourth-order valence-electron chi connectivity index (χ4n) is 3.16. The van der Waals surface area contributed by atoms with Gasteiger partial charge in [0.2, 0.25) is 0 Å². The van der Waals surface area contributed by atoms with Crippen LogP contribution in [0.25, 0.3) is 0 Å². The standard InChI is InChI=1S/C20H13BrF2N2O3S/c21-14-5-3-4-13(10-14)12-24-17-6-1-2-7-19(17)29(27,28)25(20(24)26)18-11-15(22)8-9-16(18)23/h1-11H,12H2. The van der Waals surface area contributed by atoms with Gasteiger partial charge in [-0.15, -0.1) is 0 Å². The van der Waals surface area contributed by atoms with Crippen LogP contribution in [-0.4, -0.2) is 14.4 Å². The molecule has 1 heterocycles. The van der Waals surface area contributed by atoms with Crippen LogP contribution in [0.1, 0.15) is 5.56 Å². The predicted molar refractivity (Wildman–Crippen MR) is 108 cm³/mol. The molecule has 3 aromatic carbocycles. The van der Waals surface area contributed by atoms with Crippen LogP contribution in [0.4, 0.5) is 25.0 Å². The van der Waals surface area contributed by atoms with Gasteiger partial charge in [-0.1, -0.05) is 40.2 Å². The second-order valence-corrected chi connectivity index (χ2v) is 9.00. The first-order valence-corrected chi connectivity index (χ1v) is 10.7. The number of sulfonamides is 1. The average molecular weight is 479 g/mol. The molecule has 0 bridgehead atoms. The van der Waals surface area contributed by atoms with Crippen LogP contribution in [0.2, 0.25) is 0 Å². The highest BCUT2D eigenvalue weighted by molar-refractivity contribution is 9.10. The topological polar surface area (TPSA) is 57.7 Å². The van der Waals surface area contributed by atoms with Crippen molar-refractivity contribution in [2.45, 2.75) is 11.4 Å². The summed E-state index contributed by atoms with van der Waals surface area (Å²) >= 11 is 3.36. The van der Waals surface area contributed by atoms with E-state index in [0.29, 0.717) is 10.4 Å². The number of anilines is 2. The van der Waals surface area contributed by atoms with E-state index in [1.165, 1.54) is 23.1 Å². The molecule has 1 aliphatic heterocycles. The van der Waals surface area contributed by atoms with Gasteiger partial charge in [-0.05, 0) is 42.0 Å². The number of urea groups is 1. The average Bonchev–Trinajstić information content (AvgIpc) is 2.68. The van der Waals surface area contributed by atoms with Gasteiger partial charge in [0.25, 0.3) is 10.0 Å². The number of rotatable bonds is 3. The molecule has 9 heteroatoms. The Hall–Kier alpha value is -2.78. The smallest absolute Gasteiger partial charge is 0.287 e. The molecule has 5 nitrogen and oxygen atoms in total. The fourth-order valence-corrected chi connectivity index (χ4v) is 5.20. The summed E-state index contributed by atoms with van der Waals surface area (Å²) in [5, 5.41) is 0. The lowest BCUT2D eigenvalue weighted by molar-refractivity contribution is 0.253. The highest BCUT2D eigenvalue weighted by Gasteiger charge is 2.43. The summed E-state index contributed by atoms with van der Waals surface area (Å²) in [7, 11) is -4.43. The number of para-hydroxylation sites is 1. The second kappa shape index (κ2) is 7.23. The van der Waals surface area contributed by atoms with E-state index in [1.54, 1.807) is 24.3 Å². The Kier molecular flexibility index (Phi) is 4.87. The maximum absolute atomic E-state index is 14.4. The lowest BCUT2D eigenvalue weighted by Crippen LogP contribution is -2.51. The molecule has 0 N–H and O–H groups in total. The van der Waals surface area contributed by atoms with Gasteiger partial charge in [0.15, 0.2) is 0 Å². The van der Waals surface area contributed by atoms with E-state index < -0.39 is 33.4 Å². The zero-order valence-electron chi connectivity index (χ0n) is 14.7. The Morgan fingerprint density at radius 2 is 1.66 bits per heavy atom. The first-order chi connectivity index (χ1) is 13.8. The molecular weight excluding hydrogens is 466 g/mol. The summed E-state index contributed by atoms with van der Waals surface area (Å²) in [5.41, 5.74) is 0.232. The molecule has 0 spiro atoms. The lowest BCUT2D eigenvalue weighted by atomic mass is 10.2. The minimum atomic E-state index is -4.43. The highest BCUT2D eigenvalue weighted by atomic mass is 79.9. The summed E-state index contributed by atoms with van der Waals surface area (Å²) < 4.78 is 55.5. The lowest BCUT2D eigenvalue weighted by Gasteiger charge is -2.36. The number of carbonyl (C=O) groups excluding carboxylic acids is 1. The molecule has 2 amide bonds. The first-order valence-electron chi connectivity index (χ1n) is 8.44. The number of amides is 2. The zero-order chi connectivity index (χ0) is 20.8. The third-order valence-corrected chi connectivity index (χ3v) is 6.66. The monoisotopic (exact) mass is 478 g/mol. The highest BCUT2D eigenvalue weighted by Crippen LogP contribution is 2.39. The number of nitrogens with zero attached hydrogens (tertiary/aromatic N) is 2. The van der Waals surface area contributed by atoms with Crippen molar-refractivity contribution >= 4 is 43.4 Å². The Morgan fingerprint density at radius 3 is 2.41 bits per heavy atom. The fraction of sp³-hybridized carbons (Fsp3) is 0.0500. The molecule has 0 unspecified atom stereocenters. The van der Waals surface area contributed by atoms with E-state index in [2.05, 4.69) is 15.9 Å². The van der Waals surface area contributed by atoms with Crippen LogP contribution in [-0.2, 0) is 16.6 Å². The summed E-state index contributed by atoms with van der Waals surface area (Å²) in [4.78, 5) is 14.3. The Morgan fingerprint density at radius 1 is 0.897 bits per heavy atom. The van der Waals surface area contributed by atoms with Crippen LogP contribution in [0.5, 0.6) is 0 Å². The van der Waals surface area contributed by atoms with Crippen molar-refractivity contribution in [2.24, 2.45) is 0 Å². The van der Waals surface area contributed by atoms with E-state index in [1.807, 2.05) is 6.07 Å². The minimum absolute atomic E-state index is 0.0399. The molecule has 0 aromatic heterocycles. The number of fused-ring (bicyclic) bond motifs is 1. The third kappa shape index (κ3) is 3.40. The molecule has 0 atom stereocenters. The van der Waals surface area contributed by atoms with Gasteiger partial charge in [-0.2, -0.15) is 4.31 Å². The molecule has 3 aromatic rings. The summed E-state index contributed by atoms with van der Waals surface area (Å²) in [6.07, 6.45) is 0. The molecule has 0 saturated carbocycles. The van der Waals surface area contributed by atoms with Crippen LogP contribution < -0.4 is 9.21 Å². The van der Waals surface area contributed by atoms with Gasteiger partial charge in [0.05, 0.1) is 12.2 Å². The molecule has 29 heavy (non-hydrogen) atoms. The van der Waals surface area contributed by atoms with Crippen molar-refractivity contribution in [2.75, 3.05) is 9.21 Å². The van der Waals surface area contributed by atoms with Crippen molar-refractivity contribution in [3.63, 3.8) is 0 Å². The quantitative estimate of drug-likeness (QED) is 0.528. The van der Waals surface area contributed by atoms with Crippen LogP contribution in [0, 0.1) is 11.6 Å². The van der Waals surface area contributed by atoms with Gasteiger partial charge in [0, 0.05) is 10.5 Å². The Labute approximate surface area is 174 Å². The molecule has 0 radical (unpaired) electrons. The van der Waals surface area contributed by atoms with E-state index >= 15 is 0 Å². The van der Waals surface area contributed by atoms with Crippen molar-refractivity contribution in [3.05, 3.63) is 88.4 Å². The molecule has 4 rings (SSSR count).